The van der Waals surface area contributed by atoms with Gasteiger partial charge in [0.15, 0.2) is 0 Å². The van der Waals surface area contributed by atoms with Crippen LogP contribution in [0.25, 0.3) is 11.3 Å². The zero-order chi connectivity index (χ0) is 29.1. The molecule has 0 spiro atoms. The number of hydrogen-bond acceptors (Lipinski definition) is 6. The highest BCUT2D eigenvalue weighted by Gasteiger charge is 2.28. The standard InChI is InChI=1S/C35H42FN5O/c1-24-8-10-27(22-32(24)36)31-21-28-23-37-35(39-34(28)30-7-5-4-6-29(30)31)38-33-11-9-26(20-25(33)2)12-13-40-14-16-41(17-15-40)18-19-42-3/h4-11,20,22-23,25,31,33H,12-19,21H2,1-3H3,(H,37,38,39). The van der Waals surface area contributed by atoms with E-state index in [9.17, 15) is 4.39 Å². The van der Waals surface area contributed by atoms with Crippen LogP contribution >= 0.6 is 0 Å². The van der Waals surface area contributed by atoms with Crippen LogP contribution in [-0.4, -0.2) is 78.8 Å². The molecule has 1 saturated heterocycles. The van der Waals surface area contributed by atoms with E-state index in [1.807, 2.05) is 18.3 Å². The number of aryl methyl sites for hydroxylation is 1. The lowest BCUT2D eigenvalue weighted by Crippen LogP contribution is -2.47. The summed E-state index contributed by atoms with van der Waals surface area (Å²) in [4.78, 5) is 14.8. The number of fused-ring (bicyclic) bond motifs is 3. The summed E-state index contributed by atoms with van der Waals surface area (Å²) in [5.41, 5.74) is 7.42. The highest BCUT2D eigenvalue weighted by molar-refractivity contribution is 5.72. The number of aromatic nitrogens is 2. The van der Waals surface area contributed by atoms with E-state index in [2.05, 4.69) is 64.5 Å². The number of methoxy groups -OCH3 is 1. The molecule has 0 amide bonds. The molecule has 6 rings (SSSR count). The lowest BCUT2D eigenvalue weighted by molar-refractivity contribution is 0.0976. The van der Waals surface area contributed by atoms with Crippen molar-refractivity contribution in [3.8, 4) is 11.3 Å². The van der Waals surface area contributed by atoms with Crippen molar-refractivity contribution in [1.29, 1.82) is 0 Å². The fraction of sp³-hybridized carbons (Fsp3) is 0.429. The second-order valence-corrected chi connectivity index (χ2v) is 12.0. The van der Waals surface area contributed by atoms with Crippen LogP contribution in [0, 0.1) is 18.7 Å². The van der Waals surface area contributed by atoms with Gasteiger partial charge >= 0.3 is 0 Å². The summed E-state index contributed by atoms with van der Waals surface area (Å²) in [5, 5.41) is 3.59. The lowest BCUT2D eigenvalue weighted by Gasteiger charge is -2.34. The lowest BCUT2D eigenvalue weighted by atomic mass is 9.78. The van der Waals surface area contributed by atoms with E-state index in [1.54, 1.807) is 20.1 Å². The molecule has 6 nitrogen and oxygen atoms in total. The Bertz CT molecular complexity index is 1460. The Morgan fingerprint density at radius 3 is 2.60 bits per heavy atom. The second kappa shape index (κ2) is 12.9. The van der Waals surface area contributed by atoms with E-state index in [4.69, 9.17) is 14.7 Å². The third kappa shape index (κ3) is 6.33. The molecule has 1 aromatic heterocycles. The number of benzene rings is 2. The molecule has 2 aliphatic carbocycles. The molecule has 0 bridgehead atoms. The minimum absolute atomic E-state index is 0.0793. The van der Waals surface area contributed by atoms with Gasteiger partial charge in [-0.25, -0.2) is 14.4 Å². The van der Waals surface area contributed by atoms with Gasteiger partial charge in [0.05, 0.1) is 18.3 Å². The second-order valence-electron chi connectivity index (χ2n) is 12.0. The molecular weight excluding hydrogens is 525 g/mol. The molecule has 42 heavy (non-hydrogen) atoms. The van der Waals surface area contributed by atoms with Crippen LogP contribution in [0.15, 0.2) is 72.5 Å². The summed E-state index contributed by atoms with van der Waals surface area (Å²) in [6.07, 6.45) is 10.7. The van der Waals surface area contributed by atoms with Gasteiger partial charge in [-0.1, -0.05) is 67.1 Å². The summed E-state index contributed by atoms with van der Waals surface area (Å²) in [6, 6.07) is 14.1. The molecule has 220 valence electrons. The molecule has 3 aliphatic rings. The first kappa shape index (κ1) is 28.7. The van der Waals surface area contributed by atoms with Gasteiger partial charge in [-0.05, 0) is 54.0 Å². The van der Waals surface area contributed by atoms with Crippen LogP contribution in [0.4, 0.5) is 10.3 Å². The van der Waals surface area contributed by atoms with Gasteiger partial charge in [-0.15, -0.1) is 0 Å². The maximum absolute atomic E-state index is 14.5. The Labute approximate surface area is 249 Å². The Balaban J connectivity index is 1.09. The third-order valence-corrected chi connectivity index (χ3v) is 9.13. The molecule has 1 aliphatic heterocycles. The molecule has 1 N–H and O–H groups in total. The van der Waals surface area contributed by atoms with Gasteiger partial charge in [0, 0.05) is 64.1 Å². The van der Waals surface area contributed by atoms with Crippen molar-refractivity contribution >= 4 is 5.95 Å². The average molecular weight is 568 g/mol. The first-order chi connectivity index (χ1) is 20.5. The van der Waals surface area contributed by atoms with Crippen molar-refractivity contribution < 1.29 is 9.13 Å². The van der Waals surface area contributed by atoms with Crippen LogP contribution in [0.3, 0.4) is 0 Å². The summed E-state index contributed by atoms with van der Waals surface area (Å²) in [7, 11) is 1.77. The molecule has 0 saturated carbocycles. The summed E-state index contributed by atoms with van der Waals surface area (Å²) in [6.45, 7) is 11.5. The van der Waals surface area contributed by atoms with Crippen LogP contribution < -0.4 is 5.32 Å². The van der Waals surface area contributed by atoms with Crippen molar-refractivity contribution in [2.45, 2.75) is 38.6 Å². The number of nitrogens with zero attached hydrogens (tertiary/aromatic N) is 4. The molecule has 3 aromatic rings. The average Bonchev–Trinajstić information content (AvgIpc) is 3.02. The predicted molar refractivity (Wildman–Crippen MR) is 167 cm³/mol. The molecule has 3 atom stereocenters. The van der Waals surface area contributed by atoms with Crippen molar-refractivity contribution in [2.24, 2.45) is 5.92 Å². The van der Waals surface area contributed by atoms with Gasteiger partial charge in [0.2, 0.25) is 5.95 Å². The number of ether oxygens (including phenoxy) is 1. The minimum Gasteiger partial charge on any atom is -0.383 e. The van der Waals surface area contributed by atoms with E-state index < -0.39 is 0 Å². The largest absolute Gasteiger partial charge is 0.383 e. The van der Waals surface area contributed by atoms with Gasteiger partial charge < -0.3 is 15.0 Å². The predicted octanol–water partition coefficient (Wildman–Crippen LogP) is 5.85. The fourth-order valence-corrected chi connectivity index (χ4v) is 6.47. The quantitative estimate of drug-likeness (QED) is 0.350. The SMILES string of the molecule is COCCN1CCN(CCC2=CC(C)C(Nc3ncc4c(n3)-c3ccccc3C(c3ccc(C)c(F)c3)C4)C=C2)CC1. The zero-order valence-electron chi connectivity index (χ0n) is 25.0. The normalized spacial score (nSPS) is 22.4. The zero-order valence-corrected chi connectivity index (χ0v) is 25.0. The molecule has 1 fully saturated rings. The third-order valence-electron chi connectivity index (χ3n) is 9.13. The van der Waals surface area contributed by atoms with Crippen LogP contribution in [0.1, 0.15) is 41.5 Å². The van der Waals surface area contributed by atoms with Gasteiger partial charge in [-0.3, -0.25) is 4.90 Å². The maximum Gasteiger partial charge on any atom is 0.223 e. The number of nitrogens with one attached hydrogen (secondary N) is 1. The van der Waals surface area contributed by atoms with E-state index >= 15 is 0 Å². The molecule has 0 radical (unpaired) electrons. The fourth-order valence-electron chi connectivity index (χ4n) is 6.47. The van der Waals surface area contributed by atoms with Crippen molar-refractivity contribution in [2.75, 3.05) is 58.3 Å². The van der Waals surface area contributed by atoms with E-state index in [-0.39, 0.29) is 17.8 Å². The summed E-state index contributed by atoms with van der Waals surface area (Å²) >= 11 is 0. The topological polar surface area (TPSA) is 53.5 Å². The number of rotatable bonds is 9. The minimum atomic E-state index is -0.157. The van der Waals surface area contributed by atoms with Crippen LogP contribution in [0.5, 0.6) is 0 Å². The van der Waals surface area contributed by atoms with Crippen LogP contribution in [0.2, 0.25) is 0 Å². The maximum atomic E-state index is 14.5. The Morgan fingerprint density at radius 1 is 1.05 bits per heavy atom. The van der Waals surface area contributed by atoms with Gasteiger partial charge in [0.25, 0.3) is 0 Å². The van der Waals surface area contributed by atoms with Crippen molar-refractivity contribution in [3.05, 3.63) is 101 Å². The summed E-state index contributed by atoms with van der Waals surface area (Å²) in [5.74, 6) is 0.905. The highest BCUT2D eigenvalue weighted by atomic mass is 19.1. The molecule has 2 aromatic carbocycles. The van der Waals surface area contributed by atoms with Gasteiger partial charge in [-0.2, -0.15) is 0 Å². The number of piperazine rings is 1. The molecular formula is C35H42FN5O. The van der Waals surface area contributed by atoms with E-state index in [1.165, 1.54) is 11.1 Å². The number of allylic oxidation sites excluding steroid dienone is 1. The first-order valence-corrected chi connectivity index (χ1v) is 15.3. The van der Waals surface area contributed by atoms with Gasteiger partial charge in [0.1, 0.15) is 5.82 Å². The number of hydrogen-bond donors (Lipinski definition) is 1. The summed E-state index contributed by atoms with van der Waals surface area (Å²) < 4.78 is 19.7. The first-order valence-electron chi connectivity index (χ1n) is 15.3. The van der Waals surface area contributed by atoms with E-state index in [0.717, 1.165) is 81.1 Å². The smallest absolute Gasteiger partial charge is 0.223 e. The van der Waals surface area contributed by atoms with Crippen molar-refractivity contribution in [3.63, 3.8) is 0 Å². The monoisotopic (exact) mass is 567 g/mol. The Kier molecular flexibility index (Phi) is 8.79. The van der Waals surface area contributed by atoms with Crippen molar-refractivity contribution in [1.82, 2.24) is 19.8 Å². The Hall–Kier alpha value is -3.39. The molecule has 2 heterocycles. The van der Waals surface area contributed by atoms with E-state index in [0.29, 0.717) is 17.4 Å². The molecule has 7 heteroatoms. The number of anilines is 1. The Morgan fingerprint density at radius 2 is 1.83 bits per heavy atom. The number of halogens is 1. The highest BCUT2D eigenvalue weighted by Crippen LogP contribution is 2.42. The molecule has 3 unspecified atom stereocenters. The van der Waals surface area contributed by atoms with Crippen LogP contribution in [-0.2, 0) is 11.2 Å².